The van der Waals surface area contributed by atoms with Gasteiger partial charge in [-0.1, -0.05) is 12.1 Å². The number of amides is 2. The minimum Gasteiger partial charge on any atom is -0.508 e. The van der Waals surface area contributed by atoms with Crippen LogP contribution in [0.15, 0.2) is 24.3 Å². The molecule has 0 saturated carbocycles. The molecule has 1 aliphatic rings. The van der Waals surface area contributed by atoms with E-state index in [2.05, 4.69) is 5.32 Å². The molecule has 8 nitrogen and oxygen atoms in total. The monoisotopic (exact) mass is 377 g/mol. The summed E-state index contributed by atoms with van der Waals surface area (Å²) < 4.78 is 0. The van der Waals surface area contributed by atoms with Crippen molar-refractivity contribution >= 4 is 17.8 Å². The Morgan fingerprint density at radius 3 is 2.59 bits per heavy atom. The van der Waals surface area contributed by atoms with E-state index in [-0.39, 0.29) is 24.0 Å². The van der Waals surface area contributed by atoms with Crippen LogP contribution in [0.25, 0.3) is 0 Å². The van der Waals surface area contributed by atoms with Crippen LogP contribution in [0.4, 0.5) is 0 Å². The number of carbonyl (C=O) groups is 3. The number of aliphatic carboxylic acids is 1. The van der Waals surface area contributed by atoms with E-state index in [4.69, 9.17) is 5.73 Å². The fraction of sp³-hybridized carbons (Fsp3) is 0.526. The van der Waals surface area contributed by atoms with E-state index in [0.717, 1.165) is 5.56 Å². The molecule has 1 aliphatic heterocycles. The minimum atomic E-state index is -1.02. The Labute approximate surface area is 158 Å². The lowest BCUT2D eigenvalue weighted by Gasteiger charge is -2.27. The number of carbonyl (C=O) groups excluding carboxylic acids is 2. The zero-order chi connectivity index (χ0) is 19.8. The topological polar surface area (TPSA) is 133 Å². The SMILES string of the molecule is NCCC[C@H](NC(=O)CCc1ccc(O)cc1)C(=O)N1CCC[C@H]1C(=O)O. The summed E-state index contributed by atoms with van der Waals surface area (Å²) in [6, 6.07) is 5.00. The number of aryl methyl sites for hydroxylation is 1. The van der Waals surface area contributed by atoms with Crippen molar-refractivity contribution in [2.45, 2.75) is 50.6 Å². The minimum absolute atomic E-state index is 0.161. The predicted molar refractivity (Wildman–Crippen MR) is 99.0 cm³/mol. The number of phenolic OH excluding ortho intramolecular Hbond substituents is 1. The molecule has 1 aromatic carbocycles. The Balaban J connectivity index is 1.95. The summed E-state index contributed by atoms with van der Waals surface area (Å²) in [5, 5.41) is 21.3. The van der Waals surface area contributed by atoms with Gasteiger partial charge in [0.15, 0.2) is 0 Å². The lowest BCUT2D eigenvalue weighted by molar-refractivity contribution is -0.149. The van der Waals surface area contributed by atoms with Crippen molar-refractivity contribution in [2.75, 3.05) is 13.1 Å². The number of aromatic hydroxyl groups is 1. The quantitative estimate of drug-likeness (QED) is 0.499. The third-order valence-corrected chi connectivity index (χ3v) is 4.73. The van der Waals surface area contributed by atoms with Gasteiger partial charge in [-0.25, -0.2) is 4.79 Å². The number of carboxylic acids is 1. The summed E-state index contributed by atoms with van der Waals surface area (Å²) in [7, 11) is 0. The molecule has 2 amide bonds. The third kappa shape index (κ3) is 5.96. The number of carboxylic acid groups (broad SMARTS) is 1. The molecular weight excluding hydrogens is 350 g/mol. The Hall–Kier alpha value is -2.61. The Morgan fingerprint density at radius 1 is 1.26 bits per heavy atom. The summed E-state index contributed by atoms with van der Waals surface area (Å²) in [6.07, 6.45) is 2.68. The Kier molecular flexibility index (Phi) is 7.60. The van der Waals surface area contributed by atoms with Gasteiger partial charge in [0.2, 0.25) is 11.8 Å². The molecule has 0 radical (unpaired) electrons. The van der Waals surface area contributed by atoms with Crippen LogP contribution < -0.4 is 11.1 Å². The highest BCUT2D eigenvalue weighted by molar-refractivity contribution is 5.90. The van der Waals surface area contributed by atoms with Gasteiger partial charge < -0.3 is 26.2 Å². The lowest BCUT2D eigenvalue weighted by atomic mass is 10.1. The molecule has 1 aromatic rings. The van der Waals surface area contributed by atoms with Crippen LogP contribution in [0.1, 0.15) is 37.7 Å². The molecule has 1 saturated heterocycles. The van der Waals surface area contributed by atoms with Crippen LogP contribution in [-0.4, -0.2) is 58.1 Å². The Morgan fingerprint density at radius 2 is 1.96 bits per heavy atom. The van der Waals surface area contributed by atoms with Gasteiger partial charge in [-0.05, 0) is 56.3 Å². The Bertz CT molecular complexity index is 662. The van der Waals surface area contributed by atoms with Crippen LogP contribution in [0.2, 0.25) is 0 Å². The summed E-state index contributed by atoms with van der Waals surface area (Å²) in [6.45, 7) is 0.772. The first kappa shape index (κ1) is 20.7. The fourth-order valence-corrected chi connectivity index (χ4v) is 3.25. The number of hydrogen-bond acceptors (Lipinski definition) is 5. The summed E-state index contributed by atoms with van der Waals surface area (Å²) in [5.41, 5.74) is 6.43. The second-order valence-electron chi connectivity index (χ2n) is 6.75. The molecule has 27 heavy (non-hydrogen) atoms. The first-order chi connectivity index (χ1) is 12.9. The first-order valence-electron chi connectivity index (χ1n) is 9.23. The fourth-order valence-electron chi connectivity index (χ4n) is 3.25. The molecular formula is C19H27N3O5. The largest absolute Gasteiger partial charge is 0.508 e. The molecule has 2 atom stereocenters. The van der Waals surface area contributed by atoms with E-state index >= 15 is 0 Å². The number of rotatable bonds is 9. The molecule has 0 aromatic heterocycles. The van der Waals surface area contributed by atoms with Crippen molar-refractivity contribution in [1.29, 1.82) is 0 Å². The van der Waals surface area contributed by atoms with Crippen molar-refractivity contribution in [3.05, 3.63) is 29.8 Å². The van der Waals surface area contributed by atoms with E-state index in [1.807, 2.05) is 0 Å². The van der Waals surface area contributed by atoms with Gasteiger partial charge in [-0.3, -0.25) is 9.59 Å². The van der Waals surface area contributed by atoms with Crippen molar-refractivity contribution in [1.82, 2.24) is 10.2 Å². The standard InChI is InChI=1S/C19H27N3O5/c20-11-1-3-15(18(25)22-12-2-4-16(22)19(26)27)21-17(24)10-7-13-5-8-14(23)9-6-13/h5-6,8-9,15-16,23H,1-4,7,10-12,20H2,(H,21,24)(H,26,27)/t15-,16-/m0/s1. The number of nitrogens with two attached hydrogens (primary N) is 1. The van der Waals surface area contributed by atoms with Crippen molar-refractivity contribution in [3.8, 4) is 5.75 Å². The summed E-state index contributed by atoms with van der Waals surface area (Å²) in [5.74, 6) is -1.48. The van der Waals surface area contributed by atoms with E-state index in [9.17, 15) is 24.6 Å². The number of likely N-dealkylation sites (tertiary alicyclic amines) is 1. The van der Waals surface area contributed by atoms with Crippen molar-refractivity contribution in [3.63, 3.8) is 0 Å². The number of phenols is 1. The molecule has 0 aliphatic carbocycles. The van der Waals surface area contributed by atoms with E-state index in [0.29, 0.717) is 45.2 Å². The van der Waals surface area contributed by atoms with Crippen LogP contribution in [0.3, 0.4) is 0 Å². The van der Waals surface area contributed by atoms with Crippen LogP contribution in [-0.2, 0) is 20.8 Å². The maximum atomic E-state index is 12.8. The first-order valence-corrected chi connectivity index (χ1v) is 9.23. The van der Waals surface area contributed by atoms with Crippen molar-refractivity contribution < 1.29 is 24.6 Å². The van der Waals surface area contributed by atoms with E-state index < -0.39 is 18.1 Å². The van der Waals surface area contributed by atoms with Crippen LogP contribution in [0.5, 0.6) is 5.75 Å². The number of nitrogens with zero attached hydrogens (tertiary/aromatic N) is 1. The number of benzene rings is 1. The zero-order valence-corrected chi connectivity index (χ0v) is 15.3. The molecule has 1 heterocycles. The van der Waals surface area contributed by atoms with Crippen LogP contribution >= 0.6 is 0 Å². The molecule has 1 fully saturated rings. The molecule has 148 valence electrons. The second kappa shape index (κ2) is 9.91. The molecule has 0 unspecified atom stereocenters. The van der Waals surface area contributed by atoms with Gasteiger partial charge in [-0.2, -0.15) is 0 Å². The van der Waals surface area contributed by atoms with Crippen molar-refractivity contribution in [2.24, 2.45) is 5.73 Å². The maximum absolute atomic E-state index is 12.8. The average Bonchev–Trinajstić information content (AvgIpc) is 3.14. The highest BCUT2D eigenvalue weighted by Gasteiger charge is 2.37. The smallest absolute Gasteiger partial charge is 0.326 e. The highest BCUT2D eigenvalue weighted by atomic mass is 16.4. The third-order valence-electron chi connectivity index (χ3n) is 4.73. The summed E-state index contributed by atoms with van der Waals surface area (Å²) in [4.78, 5) is 37.8. The molecule has 2 rings (SSSR count). The van der Waals surface area contributed by atoms with Gasteiger partial charge in [0.1, 0.15) is 17.8 Å². The van der Waals surface area contributed by atoms with Gasteiger partial charge in [0, 0.05) is 13.0 Å². The maximum Gasteiger partial charge on any atom is 0.326 e. The van der Waals surface area contributed by atoms with Gasteiger partial charge in [0.25, 0.3) is 0 Å². The molecule has 0 bridgehead atoms. The summed E-state index contributed by atoms with van der Waals surface area (Å²) >= 11 is 0. The number of hydrogen-bond donors (Lipinski definition) is 4. The molecule has 8 heteroatoms. The predicted octanol–water partition coefficient (Wildman–Crippen LogP) is 0.624. The highest BCUT2D eigenvalue weighted by Crippen LogP contribution is 2.19. The van der Waals surface area contributed by atoms with E-state index in [1.165, 1.54) is 4.90 Å². The van der Waals surface area contributed by atoms with Gasteiger partial charge in [-0.15, -0.1) is 0 Å². The van der Waals surface area contributed by atoms with Crippen LogP contribution in [0, 0.1) is 0 Å². The number of nitrogens with one attached hydrogen (secondary N) is 1. The van der Waals surface area contributed by atoms with E-state index in [1.54, 1.807) is 24.3 Å². The lowest BCUT2D eigenvalue weighted by Crippen LogP contribution is -2.51. The average molecular weight is 377 g/mol. The van der Waals surface area contributed by atoms with Gasteiger partial charge >= 0.3 is 5.97 Å². The molecule has 5 N–H and O–H groups in total. The second-order valence-corrected chi connectivity index (χ2v) is 6.75. The normalized spacial score (nSPS) is 17.5. The zero-order valence-electron chi connectivity index (χ0n) is 15.3. The van der Waals surface area contributed by atoms with Gasteiger partial charge in [0.05, 0.1) is 0 Å². The molecule has 0 spiro atoms.